The van der Waals surface area contributed by atoms with E-state index in [1.807, 2.05) is 30.3 Å². The summed E-state index contributed by atoms with van der Waals surface area (Å²) < 4.78 is 12.1. The molecule has 5 nitrogen and oxygen atoms in total. The summed E-state index contributed by atoms with van der Waals surface area (Å²) >= 11 is 8.48. The van der Waals surface area contributed by atoms with E-state index in [2.05, 4.69) is 31.9 Å². The van der Waals surface area contributed by atoms with Crippen molar-refractivity contribution in [3.63, 3.8) is 0 Å². The van der Waals surface area contributed by atoms with E-state index in [4.69, 9.17) is 9.15 Å². The third-order valence-corrected chi connectivity index (χ3v) is 6.84. The van der Waals surface area contributed by atoms with Gasteiger partial charge in [0.1, 0.15) is 16.7 Å². The maximum atomic E-state index is 13.2. The first kappa shape index (κ1) is 19.5. The fourth-order valence-electron chi connectivity index (χ4n) is 3.18. The molecule has 4 rings (SSSR count). The Morgan fingerprint density at radius 3 is 2.68 bits per heavy atom. The molecule has 0 saturated carbocycles. The lowest BCUT2D eigenvalue weighted by atomic mass is 10.1. The molecule has 3 aromatic rings. The third kappa shape index (κ3) is 3.60. The highest BCUT2D eigenvalue weighted by Crippen LogP contribution is 2.39. The van der Waals surface area contributed by atoms with Gasteiger partial charge in [0.15, 0.2) is 5.58 Å². The minimum atomic E-state index is -0.633. The molecule has 0 radical (unpaired) electrons. The Kier molecular flexibility index (Phi) is 5.53. The first-order chi connectivity index (χ1) is 13.5. The highest BCUT2D eigenvalue weighted by molar-refractivity contribution is 9.11. The van der Waals surface area contributed by atoms with Crippen molar-refractivity contribution in [1.29, 1.82) is 0 Å². The average Bonchev–Trinajstić information content (AvgIpc) is 3.17. The maximum absolute atomic E-state index is 13.2. The molecule has 1 aromatic heterocycles. The Hall–Kier alpha value is -1.77. The Labute approximate surface area is 182 Å². The lowest BCUT2D eigenvalue weighted by Crippen LogP contribution is -2.33. The predicted molar refractivity (Wildman–Crippen MR) is 117 cm³/mol. The van der Waals surface area contributed by atoms with Gasteiger partial charge < -0.3 is 14.1 Å². The highest BCUT2D eigenvalue weighted by atomic mass is 79.9. The number of ether oxygens (including phenoxy) is 1. The van der Waals surface area contributed by atoms with Crippen LogP contribution in [0.3, 0.4) is 0 Å². The van der Waals surface area contributed by atoms with Crippen LogP contribution in [-0.4, -0.2) is 30.2 Å². The Morgan fingerprint density at radius 1 is 1.21 bits per heavy atom. The van der Waals surface area contributed by atoms with E-state index < -0.39 is 5.63 Å². The van der Waals surface area contributed by atoms with Crippen LogP contribution in [0, 0.1) is 0 Å². The number of fused-ring (bicyclic) bond motifs is 1. The quantitative estimate of drug-likeness (QED) is 0.440. The van der Waals surface area contributed by atoms with Crippen molar-refractivity contribution in [2.24, 2.45) is 0 Å². The molecule has 0 aliphatic carbocycles. The minimum Gasteiger partial charge on any atom is -0.497 e. The van der Waals surface area contributed by atoms with Crippen molar-refractivity contribution in [3.05, 3.63) is 73.0 Å². The maximum Gasteiger partial charge on any atom is 0.349 e. The molecule has 0 bridgehead atoms. The zero-order chi connectivity index (χ0) is 19.8. The number of carbonyl (C=O) groups excluding carboxylic acids is 1. The topological polar surface area (TPSA) is 59.8 Å². The number of hydrogen-bond acceptors (Lipinski definition) is 5. The number of rotatable bonds is 3. The number of hydrogen-bond donors (Lipinski definition) is 0. The van der Waals surface area contributed by atoms with Gasteiger partial charge in [-0.1, -0.05) is 28.1 Å². The van der Waals surface area contributed by atoms with E-state index >= 15 is 0 Å². The summed E-state index contributed by atoms with van der Waals surface area (Å²) in [4.78, 5) is 27.4. The van der Waals surface area contributed by atoms with Gasteiger partial charge in [-0.05, 0) is 51.8 Å². The summed E-state index contributed by atoms with van der Waals surface area (Å²) in [5.41, 5.74) is 0.823. The SMILES string of the molecule is COc1ccc([C@@H]2SCCN2C(=O)c2cc3cc(Br)cc(Br)c3oc2=O)cc1. The van der Waals surface area contributed by atoms with Crippen molar-refractivity contribution < 1.29 is 13.9 Å². The molecule has 144 valence electrons. The zero-order valence-corrected chi connectivity index (χ0v) is 18.8. The van der Waals surface area contributed by atoms with Gasteiger partial charge in [0.05, 0.1) is 11.6 Å². The molecule has 8 heteroatoms. The second-order valence-electron chi connectivity index (χ2n) is 6.25. The van der Waals surface area contributed by atoms with E-state index in [1.54, 1.807) is 35.9 Å². The zero-order valence-electron chi connectivity index (χ0n) is 14.8. The molecule has 1 fully saturated rings. The summed E-state index contributed by atoms with van der Waals surface area (Å²) in [6.07, 6.45) is 0. The predicted octanol–water partition coefficient (Wildman–Crippen LogP) is 5.21. The minimum absolute atomic E-state index is 0.0403. The highest BCUT2D eigenvalue weighted by Gasteiger charge is 2.33. The van der Waals surface area contributed by atoms with Crippen molar-refractivity contribution in [2.45, 2.75) is 5.37 Å². The first-order valence-corrected chi connectivity index (χ1v) is 11.1. The molecule has 0 spiro atoms. The lowest BCUT2D eigenvalue weighted by molar-refractivity contribution is 0.0756. The number of benzene rings is 2. The van der Waals surface area contributed by atoms with Crippen LogP contribution in [-0.2, 0) is 0 Å². The second-order valence-corrected chi connectivity index (χ2v) is 9.21. The van der Waals surface area contributed by atoms with Crippen LogP contribution in [0.2, 0.25) is 0 Å². The number of halogens is 2. The van der Waals surface area contributed by atoms with Crippen LogP contribution < -0.4 is 10.4 Å². The fraction of sp³-hybridized carbons (Fsp3) is 0.200. The van der Waals surface area contributed by atoms with Crippen LogP contribution in [0.25, 0.3) is 11.0 Å². The molecule has 2 heterocycles. The molecule has 0 N–H and O–H groups in total. The Morgan fingerprint density at radius 2 is 1.96 bits per heavy atom. The molecular formula is C20H15Br2NO4S. The molecule has 1 saturated heterocycles. The van der Waals surface area contributed by atoms with Gasteiger partial charge >= 0.3 is 5.63 Å². The molecule has 1 aliphatic heterocycles. The van der Waals surface area contributed by atoms with E-state index in [0.29, 0.717) is 22.0 Å². The molecule has 0 unspecified atom stereocenters. The van der Waals surface area contributed by atoms with Gasteiger partial charge in [-0.25, -0.2) is 4.79 Å². The molecule has 2 aromatic carbocycles. The summed E-state index contributed by atoms with van der Waals surface area (Å²) in [5, 5.41) is 0.528. The van der Waals surface area contributed by atoms with E-state index in [9.17, 15) is 9.59 Å². The number of methoxy groups -OCH3 is 1. The monoisotopic (exact) mass is 523 g/mol. The number of carbonyl (C=O) groups is 1. The van der Waals surface area contributed by atoms with Gasteiger partial charge in [0.25, 0.3) is 5.91 Å². The smallest absolute Gasteiger partial charge is 0.349 e. The molecular weight excluding hydrogens is 510 g/mol. The van der Waals surface area contributed by atoms with Crippen molar-refractivity contribution >= 4 is 60.5 Å². The standard InChI is InChI=1S/C20H15Br2NO4S/c1-26-14-4-2-11(3-5-14)19-23(6-7-28-19)18(24)15-9-12-8-13(21)10-16(22)17(12)27-20(15)25/h2-5,8-10,19H,6-7H2,1H3/t19-/m0/s1. The van der Waals surface area contributed by atoms with Crippen molar-refractivity contribution in [2.75, 3.05) is 19.4 Å². The Balaban J connectivity index is 1.71. The number of amides is 1. The second kappa shape index (κ2) is 7.93. The van der Waals surface area contributed by atoms with E-state index in [0.717, 1.165) is 21.5 Å². The number of thioether (sulfide) groups is 1. The number of nitrogens with zero attached hydrogens (tertiary/aromatic N) is 1. The largest absolute Gasteiger partial charge is 0.497 e. The third-order valence-electron chi connectivity index (χ3n) is 4.53. The van der Waals surface area contributed by atoms with Gasteiger partial charge in [-0.15, -0.1) is 11.8 Å². The van der Waals surface area contributed by atoms with Crippen LogP contribution in [0.4, 0.5) is 0 Å². The normalized spacial score (nSPS) is 16.5. The summed E-state index contributed by atoms with van der Waals surface area (Å²) in [5.74, 6) is 1.24. The Bertz CT molecular complexity index is 1110. The molecule has 1 amide bonds. The van der Waals surface area contributed by atoms with Crippen LogP contribution in [0.1, 0.15) is 21.3 Å². The molecule has 1 aliphatic rings. The van der Waals surface area contributed by atoms with Gasteiger partial charge in [-0.2, -0.15) is 0 Å². The van der Waals surface area contributed by atoms with E-state index in [-0.39, 0.29) is 16.8 Å². The van der Waals surface area contributed by atoms with E-state index in [1.165, 1.54) is 0 Å². The van der Waals surface area contributed by atoms with Crippen LogP contribution in [0.15, 0.2) is 60.6 Å². The summed E-state index contributed by atoms with van der Waals surface area (Å²) in [7, 11) is 1.62. The van der Waals surface area contributed by atoms with Gasteiger partial charge in [0, 0.05) is 22.2 Å². The first-order valence-electron chi connectivity index (χ1n) is 8.47. The van der Waals surface area contributed by atoms with Crippen molar-refractivity contribution in [3.8, 4) is 5.75 Å². The average molecular weight is 525 g/mol. The molecule has 1 atom stereocenters. The lowest BCUT2D eigenvalue weighted by Gasteiger charge is -2.24. The van der Waals surface area contributed by atoms with Crippen LogP contribution >= 0.6 is 43.6 Å². The summed E-state index contributed by atoms with van der Waals surface area (Å²) in [6.45, 7) is 0.569. The summed E-state index contributed by atoms with van der Waals surface area (Å²) in [6, 6.07) is 12.8. The fourth-order valence-corrected chi connectivity index (χ4v) is 5.78. The van der Waals surface area contributed by atoms with Gasteiger partial charge in [0.2, 0.25) is 0 Å². The van der Waals surface area contributed by atoms with Crippen LogP contribution in [0.5, 0.6) is 5.75 Å². The van der Waals surface area contributed by atoms with Gasteiger partial charge in [-0.3, -0.25) is 4.79 Å². The van der Waals surface area contributed by atoms with Crippen molar-refractivity contribution in [1.82, 2.24) is 4.90 Å². The molecule has 28 heavy (non-hydrogen) atoms.